The van der Waals surface area contributed by atoms with Crippen molar-refractivity contribution in [2.75, 3.05) is 20.1 Å². The molecule has 1 aliphatic carbocycles. The average Bonchev–Trinajstić information content (AvgIpc) is 3.43. The van der Waals surface area contributed by atoms with Gasteiger partial charge in [0.1, 0.15) is 5.69 Å². The number of halogens is 1. The third-order valence-electron chi connectivity index (χ3n) is 6.39. The molecule has 0 N–H and O–H groups in total. The van der Waals surface area contributed by atoms with Crippen molar-refractivity contribution in [3.8, 4) is 0 Å². The van der Waals surface area contributed by atoms with Crippen LogP contribution in [0.2, 0.25) is 5.02 Å². The van der Waals surface area contributed by atoms with E-state index in [1.165, 1.54) is 4.68 Å². The normalized spacial score (nSPS) is 23.6. The molecule has 0 spiro atoms. The molecule has 1 saturated heterocycles. The molecule has 1 aromatic heterocycles. The predicted molar refractivity (Wildman–Crippen MR) is 112 cm³/mol. The lowest BCUT2D eigenvalue weighted by Gasteiger charge is -2.26. The Morgan fingerprint density at radius 2 is 1.86 bits per heavy atom. The Morgan fingerprint density at radius 1 is 1.17 bits per heavy atom. The van der Waals surface area contributed by atoms with Crippen LogP contribution in [0.1, 0.15) is 42.2 Å². The second kappa shape index (κ2) is 8.28. The Morgan fingerprint density at radius 3 is 2.52 bits per heavy atom. The number of fused-ring (bicyclic) bond motifs is 1. The van der Waals surface area contributed by atoms with Gasteiger partial charge in [0.25, 0.3) is 0 Å². The highest BCUT2D eigenvalue weighted by atomic mass is 35.5. The van der Waals surface area contributed by atoms with Gasteiger partial charge in [0.05, 0.1) is 0 Å². The van der Waals surface area contributed by atoms with Gasteiger partial charge in [-0.15, -0.1) is 0 Å². The Bertz CT molecular complexity index is 898. The molecule has 2 aliphatic rings. The summed E-state index contributed by atoms with van der Waals surface area (Å²) in [6.45, 7) is 4.16. The number of hydrogen-bond acceptors (Lipinski definition) is 4. The molecule has 2 heterocycles. The van der Waals surface area contributed by atoms with Crippen molar-refractivity contribution in [2.24, 2.45) is 11.8 Å². The summed E-state index contributed by atoms with van der Waals surface area (Å²) in [4.78, 5) is 28.8. The Kier molecular flexibility index (Phi) is 5.74. The summed E-state index contributed by atoms with van der Waals surface area (Å²) >= 11 is 6.31. The van der Waals surface area contributed by atoms with Crippen molar-refractivity contribution in [3.05, 3.63) is 52.8 Å². The zero-order valence-electron chi connectivity index (χ0n) is 16.9. The second-order valence-electron chi connectivity index (χ2n) is 8.26. The lowest BCUT2D eigenvalue weighted by Crippen LogP contribution is -2.36. The van der Waals surface area contributed by atoms with E-state index < -0.39 is 0 Å². The maximum Gasteiger partial charge on any atom is 0.344 e. The van der Waals surface area contributed by atoms with Gasteiger partial charge in [-0.1, -0.05) is 36.7 Å². The fraction of sp³-hybridized carbons (Fsp3) is 0.500. The van der Waals surface area contributed by atoms with Crippen molar-refractivity contribution in [3.63, 3.8) is 0 Å². The minimum Gasteiger partial charge on any atom is -0.322 e. The number of likely N-dealkylation sites (tertiary alicyclic amines) is 1. The van der Waals surface area contributed by atoms with Crippen molar-refractivity contribution >= 4 is 23.4 Å². The smallest absolute Gasteiger partial charge is 0.322 e. The minimum atomic E-state index is -0.129. The summed E-state index contributed by atoms with van der Waals surface area (Å²) in [6, 6.07) is 10.0. The van der Waals surface area contributed by atoms with Crippen LogP contribution in [0.4, 0.5) is 4.79 Å². The maximum absolute atomic E-state index is 12.8. The molecule has 0 unspecified atom stereocenters. The van der Waals surface area contributed by atoms with Crippen LogP contribution in [0, 0.1) is 11.8 Å². The van der Waals surface area contributed by atoms with Crippen LogP contribution in [0.3, 0.4) is 0 Å². The van der Waals surface area contributed by atoms with Crippen LogP contribution in [0.15, 0.2) is 36.5 Å². The van der Waals surface area contributed by atoms with Crippen LogP contribution in [0.5, 0.6) is 0 Å². The minimum absolute atomic E-state index is 0.0424. The van der Waals surface area contributed by atoms with E-state index in [4.69, 9.17) is 11.6 Å². The monoisotopic (exact) mass is 414 g/mol. The number of nitrogens with zero attached hydrogens (tertiary/aromatic N) is 4. The number of rotatable bonds is 5. The quantitative estimate of drug-likeness (QED) is 0.695. The molecule has 0 bridgehead atoms. The first-order valence-corrected chi connectivity index (χ1v) is 10.7. The summed E-state index contributed by atoms with van der Waals surface area (Å²) in [7, 11) is 2.16. The van der Waals surface area contributed by atoms with Crippen LogP contribution in [-0.2, 0) is 6.54 Å². The van der Waals surface area contributed by atoms with Gasteiger partial charge in [0.2, 0.25) is 0 Å². The SMILES string of the molecule is CCC(=O)c1ccn(C(=O)N2C[C@H]3C[C@@H](N(C)Cc4ccccc4Cl)C[C@H]3C2)n1. The molecule has 2 fully saturated rings. The first kappa shape index (κ1) is 20.1. The van der Waals surface area contributed by atoms with Gasteiger partial charge >= 0.3 is 6.03 Å². The summed E-state index contributed by atoms with van der Waals surface area (Å²) in [5.74, 6) is 0.995. The molecule has 1 aliphatic heterocycles. The van der Waals surface area contributed by atoms with Crippen LogP contribution in [-0.4, -0.2) is 57.6 Å². The number of Topliss-reactive ketones (excluding diaryl/α,β-unsaturated/α-hetero) is 1. The van der Waals surface area contributed by atoms with Gasteiger partial charge < -0.3 is 4.90 Å². The van der Waals surface area contributed by atoms with E-state index in [-0.39, 0.29) is 11.8 Å². The van der Waals surface area contributed by atoms with E-state index >= 15 is 0 Å². The Labute approximate surface area is 176 Å². The fourth-order valence-electron chi connectivity index (χ4n) is 4.71. The number of amides is 1. The molecular weight excluding hydrogens is 388 g/mol. The molecule has 29 heavy (non-hydrogen) atoms. The second-order valence-corrected chi connectivity index (χ2v) is 8.67. The number of carbonyl (C=O) groups is 2. The van der Waals surface area contributed by atoms with E-state index in [1.54, 1.807) is 19.2 Å². The topological polar surface area (TPSA) is 58.4 Å². The molecule has 2 aromatic rings. The first-order valence-electron chi connectivity index (χ1n) is 10.3. The highest BCUT2D eigenvalue weighted by molar-refractivity contribution is 6.31. The van der Waals surface area contributed by atoms with Crippen molar-refractivity contribution in [1.82, 2.24) is 19.6 Å². The summed E-state index contributed by atoms with van der Waals surface area (Å²) in [5, 5.41) is 4.99. The van der Waals surface area contributed by atoms with E-state index in [1.807, 2.05) is 23.1 Å². The molecule has 3 atom stereocenters. The highest BCUT2D eigenvalue weighted by Crippen LogP contribution is 2.40. The summed E-state index contributed by atoms with van der Waals surface area (Å²) in [6.07, 6.45) is 4.17. The number of benzene rings is 1. The molecule has 1 aromatic carbocycles. The van der Waals surface area contributed by atoms with Crippen molar-refractivity contribution in [1.29, 1.82) is 0 Å². The third kappa shape index (κ3) is 4.09. The van der Waals surface area contributed by atoms with Crippen molar-refractivity contribution in [2.45, 2.75) is 38.8 Å². The zero-order valence-corrected chi connectivity index (χ0v) is 17.7. The van der Waals surface area contributed by atoms with Gasteiger partial charge in [-0.05, 0) is 49.4 Å². The molecule has 154 valence electrons. The molecule has 7 heteroatoms. The van der Waals surface area contributed by atoms with Crippen LogP contribution < -0.4 is 0 Å². The third-order valence-corrected chi connectivity index (χ3v) is 6.76. The Hall–Kier alpha value is -2.18. The number of hydrogen-bond donors (Lipinski definition) is 0. The lowest BCUT2D eigenvalue weighted by atomic mass is 10.0. The fourth-order valence-corrected chi connectivity index (χ4v) is 4.91. The molecule has 1 amide bonds. The van der Waals surface area contributed by atoms with Crippen LogP contribution >= 0.6 is 11.6 Å². The van der Waals surface area contributed by atoms with Gasteiger partial charge in [-0.3, -0.25) is 9.69 Å². The van der Waals surface area contributed by atoms with Gasteiger partial charge in [-0.2, -0.15) is 9.78 Å². The molecular formula is C22H27ClN4O2. The van der Waals surface area contributed by atoms with E-state index in [0.29, 0.717) is 30.0 Å². The van der Waals surface area contributed by atoms with E-state index in [0.717, 1.165) is 43.1 Å². The lowest BCUT2D eigenvalue weighted by molar-refractivity contribution is 0.0983. The Balaban J connectivity index is 1.34. The predicted octanol–water partition coefficient (Wildman–Crippen LogP) is 3.94. The van der Waals surface area contributed by atoms with E-state index in [2.05, 4.69) is 23.1 Å². The largest absolute Gasteiger partial charge is 0.344 e. The van der Waals surface area contributed by atoms with Gasteiger partial charge in [-0.25, -0.2) is 4.79 Å². The molecule has 1 saturated carbocycles. The zero-order chi connectivity index (χ0) is 20.5. The number of carbonyl (C=O) groups excluding carboxylic acids is 2. The highest BCUT2D eigenvalue weighted by Gasteiger charge is 2.43. The maximum atomic E-state index is 12.8. The summed E-state index contributed by atoms with van der Waals surface area (Å²) in [5.41, 5.74) is 1.52. The summed E-state index contributed by atoms with van der Waals surface area (Å²) < 4.78 is 1.31. The first-order chi connectivity index (χ1) is 14.0. The number of aromatic nitrogens is 2. The van der Waals surface area contributed by atoms with E-state index in [9.17, 15) is 9.59 Å². The van der Waals surface area contributed by atoms with Gasteiger partial charge in [0, 0.05) is 43.3 Å². The molecule has 6 nitrogen and oxygen atoms in total. The van der Waals surface area contributed by atoms with Crippen molar-refractivity contribution < 1.29 is 9.59 Å². The molecule has 4 rings (SSSR count). The average molecular weight is 415 g/mol. The van der Waals surface area contributed by atoms with Gasteiger partial charge in [0.15, 0.2) is 5.78 Å². The standard InChI is InChI=1S/C22H27ClN4O2/c1-3-21(28)20-8-9-27(24-20)22(29)26-13-16-10-18(11-17(16)14-26)25(2)12-15-6-4-5-7-19(15)23/h4-9,16-18H,3,10-14H2,1-2H3/t16-,17+,18-. The van der Waals surface area contributed by atoms with Crippen LogP contribution in [0.25, 0.3) is 0 Å². The number of ketones is 1. The molecule has 0 radical (unpaired) electrons.